The molecule has 1 aliphatic carbocycles. The number of allylic oxidation sites excluding steroid dienone is 1. The Kier molecular flexibility index (Phi) is 6.99. The van der Waals surface area contributed by atoms with E-state index in [0.717, 1.165) is 41.4 Å². The van der Waals surface area contributed by atoms with Gasteiger partial charge in [0.05, 0.1) is 18.2 Å². The zero-order valence-electron chi connectivity index (χ0n) is 18.6. The summed E-state index contributed by atoms with van der Waals surface area (Å²) in [4.78, 5) is 44.8. The standard InChI is InChI=1S/C24H25N3O4S2/c1-4-11-27-23(30)20-17-10-5-14(2)12-18(17)33-22(20)26-24(27)32-13-19(28)25-21(29)15-6-8-16(31-3)9-7-15/h4,6-9,14H,1,5,10-13H2,2-3H3,(H,25,28,29). The summed E-state index contributed by atoms with van der Waals surface area (Å²) in [6, 6.07) is 6.49. The number of carbonyl (C=O) groups excluding carboxylic acids is 2. The number of methoxy groups -OCH3 is 1. The van der Waals surface area contributed by atoms with Gasteiger partial charge in [0.2, 0.25) is 5.91 Å². The fraction of sp³-hybridized carbons (Fsp3) is 0.333. The molecule has 33 heavy (non-hydrogen) atoms. The molecule has 1 aliphatic rings. The zero-order chi connectivity index (χ0) is 23.5. The average Bonchev–Trinajstić information content (AvgIpc) is 3.17. The van der Waals surface area contributed by atoms with Crippen LogP contribution in [0.25, 0.3) is 10.2 Å². The van der Waals surface area contributed by atoms with Crippen LogP contribution >= 0.6 is 23.1 Å². The molecule has 4 rings (SSSR count). The number of carbonyl (C=O) groups is 2. The first-order chi connectivity index (χ1) is 15.9. The van der Waals surface area contributed by atoms with Crippen molar-refractivity contribution in [3.05, 3.63) is 63.3 Å². The molecule has 0 spiro atoms. The van der Waals surface area contributed by atoms with E-state index in [4.69, 9.17) is 9.72 Å². The monoisotopic (exact) mass is 483 g/mol. The Hall–Kier alpha value is -2.91. The highest BCUT2D eigenvalue weighted by atomic mass is 32.2. The third kappa shape index (κ3) is 4.89. The average molecular weight is 484 g/mol. The minimum absolute atomic E-state index is 0.0426. The number of thiophene rings is 1. The number of benzene rings is 1. The van der Waals surface area contributed by atoms with Crippen LogP contribution in [0.1, 0.15) is 34.1 Å². The van der Waals surface area contributed by atoms with Gasteiger partial charge in [-0.2, -0.15) is 0 Å². The maximum atomic E-state index is 13.3. The second-order valence-electron chi connectivity index (χ2n) is 8.03. The number of ether oxygens (including phenoxy) is 1. The summed E-state index contributed by atoms with van der Waals surface area (Å²) in [7, 11) is 1.54. The predicted molar refractivity (Wildman–Crippen MR) is 131 cm³/mol. The van der Waals surface area contributed by atoms with Crippen LogP contribution in [0.4, 0.5) is 0 Å². The van der Waals surface area contributed by atoms with Gasteiger partial charge < -0.3 is 4.74 Å². The number of aryl methyl sites for hydroxylation is 1. The number of nitrogens with zero attached hydrogens (tertiary/aromatic N) is 2. The van der Waals surface area contributed by atoms with Crippen molar-refractivity contribution in [2.24, 2.45) is 5.92 Å². The summed E-state index contributed by atoms with van der Waals surface area (Å²) >= 11 is 2.72. The molecule has 0 radical (unpaired) electrons. The highest BCUT2D eigenvalue weighted by Crippen LogP contribution is 2.36. The molecule has 0 saturated carbocycles. The fourth-order valence-electron chi connectivity index (χ4n) is 3.91. The Bertz CT molecular complexity index is 1280. The summed E-state index contributed by atoms with van der Waals surface area (Å²) in [6.45, 7) is 6.29. The number of aromatic nitrogens is 2. The second kappa shape index (κ2) is 9.93. The number of fused-ring (bicyclic) bond motifs is 3. The van der Waals surface area contributed by atoms with Crippen molar-refractivity contribution in [1.29, 1.82) is 0 Å². The molecule has 0 saturated heterocycles. The molecule has 1 N–H and O–H groups in total. The van der Waals surface area contributed by atoms with Crippen LogP contribution in [0.15, 0.2) is 46.9 Å². The van der Waals surface area contributed by atoms with E-state index in [9.17, 15) is 14.4 Å². The number of hydrogen-bond acceptors (Lipinski definition) is 7. The molecule has 0 bridgehead atoms. The first-order valence-corrected chi connectivity index (χ1v) is 12.5. The van der Waals surface area contributed by atoms with Crippen molar-refractivity contribution in [1.82, 2.24) is 14.9 Å². The van der Waals surface area contributed by atoms with E-state index in [1.807, 2.05) is 0 Å². The van der Waals surface area contributed by atoms with Gasteiger partial charge in [-0.3, -0.25) is 24.3 Å². The first-order valence-electron chi connectivity index (χ1n) is 10.7. The van der Waals surface area contributed by atoms with Gasteiger partial charge in [0.15, 0.2) is 5.16 Å². The van der Waals surface area contributed by atoms with Gasteiger partial charge in [0.25, 0.3) is 11.5 Å². The van der Waals surface area contributed by atoms with Gasteiger partial charge in [-0.05, 0) is 55.0 Å². The Labute approximate surface area is 199 Å². The summed E-state index contributed by atoms with van der Waals surface area (Å²) in [5.74, 6) is 0.232. The molecule has 2 amide bonds. The van der Waals surface area contributed by atoms with E-state index in [-0.39, 0.29) is 11.3 Å². The smallest absolute Gasteiger partial charge is 0.263 e. The van der Waals surface area contributed by atoms with Crippen LogP contribution in [0, 0.1) is 5.92 Å². The molecule has 2 aromatic heterocycles. The number of hydrogen-bond donors (Lipinski definition) is 1. The van der Waals surface area contributed by atoms with Crippen LogP contribution in [-0.4, -0.2) is 34.2 Å². The molecular formula is C24H25N3O4S2. The van der Waals surface area contributed by atoms with Gasteiger partial charge in [-0.25, -0.2) is 4.98 Å². The number of thioether (sulfide) groups is 1. The lowest BCUT2D eigenvalue weighted by atomic mass is 9.89. The van der Waals surface area contributed by atoms with E-state index < -0.39 is 11.8 Å². The SMILES string of the molecule is C=CCn1c(SCC(=O)NC(=O)c2ccc(OC)cc2)nc2sc3c(c2c1=O)CCC(C)C3. The number of rotatable bonds is 7. The van der Waals surface area contributed by atoms with Gasteiger partial charge >= 0.3 is 0 Å². The molecule has 0 fully saturated rings. The lowest BCUT2D eigenvalue weighted by Gasteiger charge is -2.17. The summed E-state index contributed by atoms with van der Waals surface area (Å²) in [6.07, 6.45) is 4.57. The third-order valence-corrected chi connectivity index (χ3v) is 7.75. The number of amides is 2. The largest absolute Gasteiger partial charge is 0.497 e. The molecule has 1 unspecified atom stereocenters. The number of imide groups is 1. The molecular weight excluding hydrogens is 458 g/mol. The summed E-state index contributed by atoms with van der Waals surface area (Å²) in [5, 5.41) is 3.53. The van der Waals surface area contributed by atoms with Crippen molar-refractivity contribution >= 4 is 45.1 Å². The molecule has 7 nitrogen and oxygen atoms in total. The van der Waals surface area contributed by atoms with Crippen molar-refractivity contribution < 1.29 is 14.3 Å². The topological polar surface area (TPSA) is 90.3 Å². The Morgan fingerprint density at radius 3 is 2.82 bits per heavy atom. The lowest BCUT2D eigenvalue weighted by Crippen LogP contribution is -2.32. The van der Waals surface area contributed by atoms with Gasteiger partial charge in [0, 0.05) is 17.0 Å². The van der Waals surface area contributed by atoms with Gasteiger partial charge in [-0.1, -0.05) is 24.8 Å². The van der Waals surface area contributed by atoms with E-state index in [0.29, 0.717) is 34.3 Å². The first kappa shape index (κ1) is 23.3. The van der Waals surface area contributed by atoms with Crippen molar-refractivity contribution in [2.75, 3.05) is 12.9 Å². The fourth-order valence-corrected chi connectivity index (χ4v) is 6.14. The molecule has 172 valence electrons. The molecule has 9 heteroatoms. The number of nitrogens with one attached hydrogen (secondary N) is 1. The van der Waals surface area contributed by atoms with Crippen molar-refractivity contribution in [2.45, 2.75) is 37.9 Å². The summed E-state index contributed by atoms with van der Waals surface area (Å²) < 4.78 is 6.64. The van der Waals surface area contributed by atoms with Crippen LogP contribution in [0.5, 0.6) is 5.75 Å². The molecule has 0 aliphatic heterocycles. The maximum Gasteiger partial charge on any atom is 0.263 e. The van der Waals surface area contributed by atoms with E-state index in [2.05, 4.69) is 18.8 Å². The van der Waals surface area contributed by atoms with Gasteiger partial charge in [0.1, 0.15) is 10.6 Å². The van der Waals surface area contributed by atoms with E-state index in [1.165, 1.54) is 4.88 Å². The molecule has 1 aromatic carbocycles. The van der Waals surface area contributed by atoms with E-state index in [1.54, 1.807) is 53.4 Å². The normalized spacial score (nSPS) is 15.2. The van der Waals surface area contributed by atoms with Crippen molar-refractivity contribution in [3.63, 3.8) is 0 Å². The van der Waals surface area contributed by atoms with Crippen LogP contribution < -0.4 is 15.6 Å². The lowest BCUT2D eigenvalue weighted by molar-refractivity contribution is -0.117. The van der Waals surface area contributed by atoms with Gasteiger partial charge in [-0.15, -0.1) is 17.9 Å². The highest BCUT2D eigenvalue weighted by Gasteiger charge is 2.25. The maximum absolute atomic E-state index is 13.3. The van der Waals surface area contributed by atoms with E-state index >= 15 is 0 Å². The Morgan fingerprint density at radius 1 is 1.36 bits per heavy atom. The van der Waals surface area contributed by atoms with Crippen LogP contribution in [0.2, 0.25) is 0 Å². The van der Waals surface area contributed by atoms with Crippen molar-refractivity contribution in [3.8, 4) is 5.75 Å². The van der Waals surface area contributed by atoms with Crippen LogP contribution in [-0.2, 0) is 24.2 Å². The quantitative estimate of drug-likeness (QED) is 0.312. The zero-order valence-corrected chi connectivity index (χ0v) is 20.2. The molecule has 1 atom stereocenters. The second-order valence-corrected chi connectivity index (χ2v) is 10.1. The van der Waals surface area contributed by atoms with Crippen LogP contribution in [0.3, 0.4) is 0 Å². The predicted octanol–water partition coefficient (Wildman–Crippen LogP) is 3.83. The molecule has 2 heterocycles. The molecule has 3 aromatic rings. The minimum Gasteiger partial charge on any atom is -0.497 e. The highest BCUT2D eigenvalue weighted by molar-refractivity contribution is 7.99. The Morgan fingerprint density at radius 2 is 2.12 bits per heavy atom. The third-order valence-electron chi connectivity index (χ3n) is 5.63. The summed E-state index contributed by atoms with van der Waals surface area (Å²) in [5.41, 5.74) is 1.39. The minimum atomic E-state index is -0.491. The Balaban J connectivity index is 1.53.